The Kier molecular flexibility index (Phi) is 8.10. The molecule has 1 aromatic carbocycles. The van der Waals surface area contributed by atoms with Gasteiger partial charge >= 0.3 is 0 Å². The minimum absolute atomic E-state index is 0.0364. The number of nitrogens with zero attached hydrogens (tertiary/aromatic N) is 1. The first-order valence-electron chi connectivity index (χ1n) is 10.8. The molecule has 0 aliphatic heterocycles. The summed E-state index contributed by atoms with van der Waals surface area (Å²) in [6.45, 7) is 4.35. The third kappa shape index (κ3) is 5.92. The van der Waals surface area contributed by atoms with Crippen LogP contribution in [0.2, 0.25) is 0 Å². The molecule has 1 aliphatic rings. The first kappa shape index (κ1) is 24.7. The van der Waals surface area contributed by atoms with E-state index in [1.807, 2.05) is 6.92 Å². The lowest BCUT2D eigenvalue weighted by molar-refractivity contribution is -0.883. The number of amides is 2. The summed E-state index contributed by atoms with van der Waals surface area (Å²) in [5.41, 5.74) is 1.07. The molecule has 3 rings (SSSR count). The van der Waals surface area contributed by atoms with Crippen LogP contribution in [-0.2, 0) is 22.4 Å². The highest BCUT2D eigenvalue weighted by atomic mass is 32.1. The van der Waals surface area contributed by atoms with Gasteiger partial charge in [-0.05, 0) is 49.3 Å². The van der Waals surface area contributed by atoms with Crippen LogP contribution >= 0.6 is 11.3 Å². The lowest BCUT2D eigenvalue weighted by Gasteiger charge is -2.18. The highest BCUT2D eigenvalue weighted by molar-refractivity contribution is 7.16. The number of hydrogen-bond acceptors (Lipinski definition) is 4. The van der Waals surface area contributed by atoms with E-state index in [9.17, 15) is 28.0 Å². The number of quaternary nitrogens is 1. The quantitative estimate of drug-likeness (QED) is 0.509. The second-order valence-corrected chi connectivity index (χ2v) is 9.45. The van der Waals surface area contributed by atoms with Gasteiger partial charge in [0.25, 0.3) is 11.8 Å². The fourth-order valence-corrected chi connectivity index (χ4v) is 5.37. The van der Waals surface area contributed by atoms with Gasteiger partial charge in [-0.15, -0.1) is 11.3 Å². The summed E-state index contributed by atoms with van der Waals surface area (Å²) in [5, 5.41) is 15.2. The highest BCUT2D eigenvalue weighted by Crippen LogP contribution is 2.39. The van der Waals surface area contributed by atoms with Crippen molar-refractivity contribution < 1.29 is 27.7 Å². The van der Waals surface area contributed by atoms with E-state index in [1.54, 1.807) is 0 Å². The van der Waals surface area contributed by atoms with Crippen LogP contribution in [0, 0.1) is 34.7 Å². The molecule has 6 nitrogen and oxygen atoms in total. The maximum Gasteiger partial charge on any atom is 0.280 e. The molecule has 3 N–H and O–H groups in total. The molecule has 0 saturated carbocycles. The van der Waals surface area contributed by atoms with Gasteiger partial charge in [-0.2, -0.15) is 5.26 Å². The van der Waals surface area contributed by atoms with Crippen molar-refractivity contribution in [2.24, 2.45) is 5.92 Å². The van der Waals surface area contributed by atoms with E-state index in [4.69, 9.17) is 0 Å². The zero-order valence-corrected chi connectivity index (χ0v) is 19.3. The fourth-order valence-electron chi connectivity index (χ4n) is 3.99. The number of nitrogens with one attached hydrogen (secondary N) is 3. The Labute approximate surface area is 194 Å². The van der Waals surface area contributed by atoms with E-state index >= 15 is 0 Å². The van der Waals surface area contributed by atoms with Gasteiger partial charge in [0.2, 0.25) is 0 Å². The van der Waals surface area contributed by atoms with Crippen LogP contribution in [0.15, 0.2) is 12.1 Å². The number of thiophene rings is 1. The third-order valence-corrected chi connectivity index (χ3v) is 6.78. The van der Waals surface area contributed by atoms with E-state index in [0.717, 1.165) is 41.8 Å². The molecule has 0 bridgehead atoms. The number of carbonyl (C=O) groups excluding carboxylic acids is 2. The molecule has 0 fully saturated rings. The van der Waals surface area contributed by atoms with Gasteiger partial charge in [0.1, 0.15) is 11.1 Å². The van der Waals surface area contributed by atoms with E-state index in [2.05, 4.69) is 23.6 Å². The average Bonchev–Trinajstić information content (AvgIpc) is 3.09. The molecule has 0 spiro atoms. The molecular formula is C23H26F3N4O2S+. The van der Waals surface area contributed by atoms with E-state index < -0.39 is 29.0 Å². The molecule has 2 aromatic rings. The Bertz CT molecular complexity index is 1100. The van der Waals surface area contributed by atoms with Crippen LogP contribution in [-0.4, -0.2) is 31.4 Å². The van der Waals surface area contributed by atoms with Gasteiger partial charge in [0, 0.05) is 4.88 Å². The molecule has 2 amide bonds. The maximum absolute atomic E-state index is 13.8. The van der Waals surface area contributed by atoms with Crippen LogP contribution in [0.25, 0.3) is 0 Å². The molecule has 176 valence electrons. The zero-order valence-electron chi connectivity index (χ0n) is 18.5. The van der Waals surface area contributed by atoms with Crippen LogP contribution in [0.3, 0.4) is 0 Å². The minimum Gasteiger partial charge on any atom is -0.319 e. The topological polar surface area (TPSA) is 86.4 Å². The smallest absolute Gasteiger partial charge is 0.280 e. The molecule has 1 unspecified atom stereocenters. The van der Waals surface area contributed by atoms with Gasteiger partial charge < -0.3 is 15.5 Å². The van der Waals surface area contributed by atoms with Crippen molar-refractivity contribution in [3.05, 3.63) is 45.6 Å². The van der Waals surface area contributed by atoms with Gasteiger partial charge in [-0.3, -0.25) is 9.59 Å². The van der Waals surface area contributed by atoms with Crippen LogP contribution in [0.1, 0.15) is 42.7 Å². The monoisotopic (exact) mass is 479 g/mol. The second kappa shape index (κ2) is 10.8. The Morgan fingerprint density at radius 2 is 1.88 bits per heavy atom. The Hall–Kier alpha value is -2.90. The lowest BCUT2D eigenvalue weighted by Crippen LogP contribution is -3.14. The van der Waals surface area contributed by atoms with Gasteiger partial charge in [-0.25, -0.2) is 13.2 Å². The summed E-state index contributed by atoms with van der Waals surface area (Å²) in [6.07, 6.45) is 3.40. The maximum atomic E-state index is 13.8. The average molecular weight is 480 g/mol. The Balaban J connectivity index is 1.64. The summed E-state index contributed by atoms with van der Waals surface area (Å²) in [7, 11) is 0. The first-order chi connectivity index (χ1) is 15.7. The summed E-state index contributed by atoms with van der Waals surface area (Å²) in [5.74, 6) is -4.91. The van der Waals surface area contributed by atoms with Crippen molar-refractivity contribution in [3.63, 3.8) is 0 Å². The van der Waals surface area contributed by atoms with Crippen molar-refractivity contribution >= 4 is 33.8 Å². The molecular weight excluding hydrogens is 453 g/mol. The second-order valence-electron chi connectivity index (χ2n) is 8.34. The van der Waals surface area contributed by atoms with Gasteiger partial charge in [0.05, 0.1) is 17.8 Å². The minimum atomic E-state index is -1.66. The molecule has 0 radical (unpaired) electrons. The van der Waals surface area contributed by atoms with Crippen molar-refractivity contribution in [1.29, 1.82) is 5.26 Å². The number of fused-ring (bicyclic) bond motifs is 1. The molecule has 1 heterocycles. The Morgan fingerprint density at radius 1 is 1.18 bits per heavy atom. The van der Waals surface area contributed by atoms with E-state index in [0.29, 0.717) is 34.3 Å². The number of anilines is 2. The molecule has 1 aromatic heterocycles. The van der Waals surface area contributed by atoms with Crippen LogP contribution < -0.4 is 15.5 Å². The summed E-state index contributed by atoms with van der Waals surface area (Å²) < 4.78 is 40.3. The van der Waals surface area contributed by atoms with Crippen molar-refractivity contribution in [3.8, 4) is 6.07 Å². The lowest BCUT2D eigenvalue weighted by atomic mass is 9.89. The normalized spacial score (nSPS) is 15.9. The zero-order chi connectivity index (χ0) is 24.1. The number of halogens is 3. The number of nitriles is 1. The number of rotatable bonds is 8. The standard InChI is InChI=1S/C23H25F3N4O2S/c1-3-8-30(11-19(31)28-17-7-6-16(24)21(25)22(17)26)12-20(32)29-23-15(10-27)14-5-4-13(2)9-18(14)33-23/h6-7,13H,3-5,8-9,11-12H2,1-2H3,(H,28,31)(H,29,32)/p+1/t13-/m1/s1. The summed E-state index contributed by atoms with van der Waals surface area (Å²) >= 11 is 1.43. The molecule has 33 heavy (non-hydrogen) atoms. The predicted molar refractivity (Wildman–Crippen MR) is 120 cm³/mol. The van der Waals surface area contributed by atoms with Crippen LogP contribution in [0.4, 0.5) is 23.9 Å². The van der Waals surface area contributed by atoms with Crippen LogP contribution in [0.5, 0.6) is 0 Å². The largest absolute Gasteiger partial charge is 0.319 e. The van der Waals surface area contributed by atoms with Crippen molar-refractivity contribution in [1.82, 2.24) is 0 Å². The van der Waals surface area contributed by atoms with Crippen molar-refractivity contribution in [2.45, 2.75) is 39.5 Å². The molecule has 10 heteroatoms. The summed E-state index contributed by atoms with van der Waals surface area (Å²) in [4.78, 5) is 26.8. The van der Waals surface area contributed by atoms with Gasteiger partial charge in [0.15, 0.2) is 30.5 Å². The number of carbonyl (C=O) groups is 2. The SMILES string of the molecule is CCC[NH+](CC(=O)Nc1ccc(F)c(F)c1F)CC(=O)Nc1sc2c(c1C#N)CC[C@@H](C)C2. The third-order valence-electron chi connectivity index (χ3n) is 5.61. The molecule has 0 saturated heterocycles. The predicted octanol–water partition coefficient (Wildman–Crippen LogP) is 3.03. The van der Waals surface area contributed by atoms with Gasteiger partial charge in [-0.1, -0.05) is 13.8 Å². The summed E-state index contributed by atoms with van der Waals surface area (Å²) in [6, 6.07) is 3.88. The van der Waals surface area contributed by atoms with Crippen molar-refractivity contribution in [2.75, 3.05) is 30.3 Å². The highest BCUT2D eigenvalue weighted by Gasteiger charge is 2.26. The number of hydrogen-bond donors (Lipinski definition) is 3. The molecule has 2 atom stereocenters. The molecule has 1 aliphatic carbocycles. The van der Waals surface area contributed by atoms with E-state index in [1.165, 1.54) is 11.3 Å². The van der Waals surface area contributed by atoms with E-state index in [-0.39, 0.29) is 19.0 Å². The Morgan fingerprint density at radius 3 is 2.55 bits per heavy atom. The first-order valence-corrected chi connectivity index (χ1v) is 11.7. The fraction of sp³-hybridized carbons (Fsp3) is 0.435. The number of benzene rings is 1.